The van der Waals surface area contributed by atoms with Crippen molar-refractivity contribution in [1.29, 1.82) is 0 Å². The number of aromatic nitrogens is 1. The van der Waals surface area contributed by atoms with Crippen molar-refractivity contribution in [3.8, 4) is 5.75 Å². The van der Waals surface area contributed by atoms with Crippen LogP contribution in [0.1, 0.15) is 70.9 Å². The van der Waals surface area contributed by atoms with Crippen molar-refractivity contribution in [3.05, 3.63) is 58.9 Å². The van der Waals surface area contributed by atoms with Gasteiger partial charge >= 0.3 is 0 Å². The molecule has 36 heavy (non-hydrogen) atoms. The summed E-state index contributed by atoms with van der Waals surface area (Å²) in [5, 5.41) is 2.32. The van der Waals surface area contributed by atoms with E-state index in [1.165, 1.54) is 4.90 Å². The Balaban J connectivity index is 1.25. The zero-order valence-electron chi connectivity index (χ0n) is 20.4. The molecule has 2 fully saturated rings. The van der Waals surface area contributed by atoms with Crippen LogP contribution in [0.2, 0.25) is 0 Å². The Labute approximate surface area is 209 Å². The van der Waals surface area contributed by atoms with Gasteiger partial charge in [-0.3, -0.25) is 29.5 Å². The van der Waals surface area contributed by atoms with Gasteiger partial charge in [0.1, 0.15) is 18.4 Å². The molecule has 2 aromatic rings. The van der Waals surface area contributed by atoms with Gasteiger partial charge < -0.3 is 14.5 Å². The predicted octanol–water partition coefficient (Wildman–Crippen LogP) is 2.48. The number of nitrogens with one attached hydrogen (secondary N) is 1. The van der Waals surface area contributed by atoms with Crippen molar-refractivity contribution in [3.63, 3.8) is 0 Å². The molecular weight excluding hydrogens is 460 g/mol. The Kier molecular flexibility index (Phi) is 6.71. The van der Waals surface area contributed by atoms with Crippen molar-refractivity contribution in [2.45, 2.75) is 64.1 Å². The van der Waals surface area contributed by atoms with Gasteiger partial charge in [0.25, 0.3) is 11.8 Å². The van der Waals surface area contributed by atoms with E-state index in [1.54, 1.807) is 24.5 Å². The molecule has 2 saturated heterocycles. The van der Waals surface area contributed by atoms with Crippen LogP contribution in [0.3, 0.4) is 0 Å². The summed E-state index contributed by atoms with van der Waals surface area (Å²) in [7, 11) is 0. The molecule has 0 radical (unpaired) electrons. The molecule has 0 aliphatic carbocycles. The number of aryl methyl sites for hydroxylation is 1. The van der Waals surface area contributed by atoms with Crippen molar-refractivity contribution >= 4 is 23.6 Å². The lowest BCUT2D eigenvalue weighted by Crippen LogP contribution is -2.52. The molecule has 1 aromatic carbocycles. The summed E-state index contributed by atoms with van der Waals surface area (Å²) in [6, 6.07) is 6.54. The van der Waals surface area contributed by atoms with Gasteiger partial charge in [0.2, 0.25) is 11.8 Å². The number of fused-ring (bicyclic) bond motifs is 1. The number of ether oxygens (including phenoxy) is 1. The van der Waals surface area contributed by atoms with Crippen molar-refractivity contribution < 1.29 is 23.9 Å². The zero-order valence-corrected chi connectivity index (χ0v) is 20.4. The molecule has 9 nitrogen and oxygen atoms in total. The maximum atomic E-state index is 13.2. The maximum absolute atomic E-state index is 13.2. The summed E-state index contributed by atoms with van der Waals surface area (Å²) < 4.78 is 6.12. The van der Waals surface area contributed by atoms with E-state index in [0.717, 1.165) is 36.8 Å². The number of likely N-dealkylation sites (tertiary alicyclic amines) is 1. The summed E-state index contributed by atoms with van der Waals surface area (Å²) in [6.45, 7) is 3.38. The van der Waals surface area contributed by atoms with Gasteiger partial charge in [-0.1, -0.05) is 6.92 Å². The second-order valence-corrected chi connectivity index (χ2v) is 9.61. The highest BCUT2D eigenvalue weighted by atomic mass is 16.5. The number of hydrogen-bond acceptors (Lipinski definition) is 6. The number of carbonyl (C=O) groups is 4. The van der Waals surface area contributed by atoms with E-state index in [0.29, 0.717) is 43.0 Å². The van der Waals surface area contributed by atoms with E-state index in [1.807, 2.05) is 24.0 Å². The lowest BCUT2D eigenvalue weighted by molar-refractivity contribution is -0.136. The number of nitrogens with zero attached hydrogens (tertiary/aromatic N) is 3. The second kappa shape index (κ2) is 10.1. The molecule has 2 atom stereocenters. The average molecular weight is 491 g/mol. The van der Waals surface area contributed by atoms with E-state index < -0.39 is 11.9 Å². The van der Waals surface area contributed by atoms with Gasteiger partial charge in [-0.25, -0.2) is 0 Å². The fraction of sp³-hybridized carbons (Fsp3) is 0.444. The van der Waals surface area contributed by atoms with Crippen LogP contribution in [-0.4, -0.2) is 63.6 Å². The van der Waals surface area contributed by atoms with Crippen LogP contribution in [0.15, 0.2) is 36.7 Å². The number of piperidine rings is 2. The first-order valence-electron chi connectivity index (χ1n) is 12.6. The van der Waals surface area contributed by atoms with E-state index >= 15 is 0 Å². The quantitative estimate of drug-likeness (QED) is 0.623. The first-order chi connectivity index (χ1) is 17.4. The van der Waals surface area contributed by atoms with Crippen LogP contribution in [0.4, 0.5) is 0 Å². The number of rotatable bonds is 6. The van der Waals surface area contributed by atoms with Gasteiger partial charge in [0, 0.05) is 37.5 Å². The lowest BCUT2D eigenvalue weighted by atomic mass is 10.0. The summed E-state index contributed by atoms with van der Waals surface area (Å²) >= 11 is 0. The minimum Gasteiger partial charge on any atom is -0.491 e. The zero-order chi connectivity index (χ0) is 25.2. The number of amides is 4. The molecule has 4 heterocycles. The molecular formula is C27H30N4O5. The fourth-order valence-electron chi connectivity index (χ4n) is 5.24. The first-order valence-corrected chi connectivity index (χ1v) is 12.6. The SMILES string of the molecule is CCc1cncc(C(=O)N2CCCC[C@@H]2COc2ccc3c(c2)CN(C2CCC(=O)NC2=O)C3=O)c1. The first kappa shape index (κ1) is 24.0. The van der Waals surface area contributed by atoms with Gasteiger partial charge in [0.15, 0.2) is 0 Å². The van der Waals surface area contributed by atoms with Gasteiger partial charge in [0.05, 0.1) is 11.6 Å². The monoisotopic (exact) mass is 490 g/mol. The number of hydrogen-bond donors (Lipinski definition) is 1. The molecule has 3 aliphatic heterocycles. The van der Waals surface area contributed by atoms with Gasteiger partial charge in [-0.15, -0.1) is 0 Å². The van der Waals surface area contributed by atoms with Crippen LogP contribution < -0.4 is 10.1 Å². The maximum Gasteiger partial charge on any atom is 0.255 e. The van der Waals surface area contributed by atoms with Crippen LogP contribution in [0, 0.1) is 0 Å². The highest BCUT2D eigenvalue weighted by Gasteiger charge is 2.39. The van der Waals surface area contributed by atoms with Crippen molar-refractivity contribution in [2.24, 2.45) is 0 Å². The molecule has 1 N–H and O–H groups in total. The van der Waals surface area contributed by atoms with Crippen molar-refractivity contribution in [1.82, 2.24) is 20.1 Å². The van der Waals surface area contributed by atoms with Crippen LogP contribution in [-0.2, 0) is 22.6 Å². The lowest BCUT2D eigenvalue weighted by Gasteiger charge is -2.35. The normalized spacial score (nSPS) is 21.9. The number of imide groups is 1. The Morgan fingerprint density at radius 1 is 1.14 bits per heavy atom. The van der Waals surface area contributed by atoms with Crippen LogP contribution in [0.5, 0.6) is 5.75 Å². The van der Waals surface area contributed by atoms with Crippen LogP contribution >= 0.6 is 0 Å². The Morgan fingerprint density at radius 3 is 2.81 bits per heavy atom. The molecule has 4 amide bonds. The summed E-state index contributed by atoms with van der Waals surface area (Å²) in [5.74, 6) is -0.339. The Hall–Kier alpha value is -3.75. The molecule has 1 unspecified atom stereocenters. The molecule has 3 aliphatic rings. The molecule has 9 heteroatoms. The van der Waals surface area contributed by atoms with Gasteiger partial charge in [-0.2, -0.15) is 0 Å². The van der Waals surface area contributed by atoms with E-state index in [2.05, 4.69) is 10.3 Å². The number of carbonyl (C=O) groups excluding carboxylic acids is 4. The minimum atomic E-state index is -0.644. The smallest absolute Gasteiger partial charge is 0.255 e. The largest absolute Gasteiger partial charge is 0.491 e. The van der Waals surface area contributed by atoms with Gasteiger partial charge in [-0.05, 0) is 67.5 Å². The highest BCUT2D eigenvalue weighted by molar-refractivity contribution is 6.05. The van der Waals surface area contributed by atoms with Crippen molar-refractivity contribution in [2.75, 3.05) is 13.2 Å². The topological polar surface area (TPSA) is 109 Å². The number of pyridine rings is 1. The molecule has 1 aromatic heterocycles. The summed E-state index contributed by atoms with van der Waals surface area (Å²) in [5.41, 5.74) is 2.97. The molecule has 0 spiro atoms. The highest BCUT2D eigenvalue weighted by Crippen LogP contribution is 2.30. The third-order valence-corrected chi connectivity index (χ3v) is 7.28. The Morgan fingerprint density at radius 2 is 2.00 bits per heavy atom. The molecule has 188 valence electrons. The summed E-state index contributed by atoms with van der Waals surface area (Å²) in [6.07, 6.45) is 7.64. The third kappa shape index (κ3) is 4.69. The average Bonchev–Trinajstić information content (AvgIpc) is 3.22. The molecule has 0 saturated carbocycles. The number of benzene rings is 1. The van der Waals surface area contributed by atoms with E-state index in [-0.39, 0.29) is 30.2 Å². The third-order valence-electron chi connectivity index (χ3n) is 7.28. The standard InChI is InChI=1S/C27H30N4O5/c1-2-17-11-18(14-28-13-17)26(34)30-10-4-3-5-20(30)16-36-21-6-7-22-19(12-21)15-31(27(22)35)23-8-9-24(32)29-25(23)33/h6-7,11-14,20,23H,2-5,8-10,15-16H2,1H3,(H,29,32,33)/t20-,23?/m1/s1. The predicted molar refractivity (Wildman–Crippen MR) is 130 cm³/mol. The molecule has 5 rings (SSSR count). The van der Waals surface area contributed by atoms with Crippen LogP contribution in [0.25, 0.3) is 0 Å². The minimum absolute atomic E-state index is 0.0227. The fourth-order valence-corrected chi connectivity index (χ4v) is 5.24. The van der Waals surface area contributed by atoms with E-state index in [4.69, 9.17) is 4.74 Å². The van der Waals surface area contributed by atoms with E-state index in [9.17, 15) is 19.2 Å². The second-order valence-electron chi connectivity index (χ2n) is 9.61. The molecule has 0 bridgehead atoms. The summed E-state index contributed by atoms with van der Waals surface area (Å²) in [4.78, 5) is 57.5. The Bertz CT molecular complexity index is 1210.